The lowest BCUT2D eigenvalue weighted by Gasteiger charge is -2.21. The number of likely N-dealkylation sites (N-methyl/N-ethyl adjacent to an activating group) is 1. The van der Waals surface area contributed by atoms with E-state index in [2.05, 4.69) is 5.27 Å². The summed E-state index contributed by atoms with van der Waals surface area (Å²) in [5.74, 6) is 0.692. The van der Waals surface area contributed by atoms with Crippen LogP contribution in [0, 0.1) is 0 Å². The Morgan fingerprint density at radius 1 is 1.09 bits per heavy atom. The first-order valence-corrected chi connectivity index (χ1v) is 10.5. The van der Waals surface area contributed by atoms with Crippen LogP contribution in [0.1, 0.15) is 19.0 Å². The fourth-order valence-corrected chi connectivity index (χ4v) is 3.80. The Kier molecular flexibility index (Phi) is 6.27. The number of hydrogen-bond donors (Lipinski definition) is 1. The van der Waals surface area contributed by atoms with Crippen molar-refractivity contribution in [1.82, 2.24) is 10.2 Å². The average molecular weight is 453 g/mol. The van der Waals surface area contributed by atoms with Gasteiger partial charge in [-0.15, -0.1) is 0 Å². The molecular weight excluding hydrogens is 428 g/mol. The molecule has 4 rings (SSSR count). The quantitative estimate of drug-likeness (QED) is 0.406. The smallest absolute Gasteiger partial charge is 0.431 e. The summed E-state index contributed by atoms with van der Waals surface area (Å²) in [7, 11) is 3.27. The number of hydrogen-bond acceptors (Lipinski definition) is 7. The summed E-state index contributed by atoms with van der Waals surface area (Å²) in [5.41, 5.74) is 0.883. The summed E-state index contributed by atoms with van der Waals surface area (Å²) < 4.78 is 17.1. The molecule has 1 aliphatic rings. The van der Waals surface area contributed by atoms with Gasteiger partial charge in [-0.25, -0.2) is 9.69 Å². The highest BCUT2D eigenvalue weighted by Crippen LogP contribution is 2.27. The van der Waals surface area contributed by atoms with Gasteiger partial charge in [0.15, 0.2) is 0 Å². The monoisotopic (exact) mass is 453 g/mol. The topological polar surface area (TPSA) is 109 Å². The highest BCUT2D eigenvalue weighted by atomic mass is 16.5. The van der Waals surface area contributed by atoms with Crippen molar-refractivity contribution in [3.05, 3.63) is 64.6 Å². The molecule has 2 heterocycles. The van der Waals surface area contributed by atoms with Crippen LogP contribution in [0.4, 0.5) is 5.69 Å². The van der Waals surface area contributed by atoms with Crippen LogP contribution in [-0.2, 0) is 16.1 Å². The number of aromatic amines is 1. The number of H-pyrrole nitrogens is 1. The number of nitrogens with one attached hydrogen (secondary N) is 1. The third-order valence-corrected chi connectivity index (χ3v) is 5.53. The molecule has 1 aliphatic heterocycles. The zero-order valence-corrected chi connectivity index (χ0v) is 18.6. The molecule has 1 N–H and O–H groups in total. The molecule has 10 heteroatoms. The van der Waals surface area contributed by atoms with Gasteiger partial charge < -0.3 is 9.47 Å². The second kappa shape index (κ2) is 9.29. The summed E-state index contributed by atoms with van der Waals surface area (Å²) in [6, 6.07) is 13.2. The number of nitrogens with zero attached hydrogens (tertiary/aromatic N) is 3. The second-order valence-electron chi connectivity index (χ2n) is 7.59. The van der Waals surface area contributed by atoms with Gasteiger partial charge in [0.25, 0.3) is 5.91 Å². The molecule has 0 radical (unpaired) electrons. The van der Waals surface area contributed by atoms with Crippen LogP contribution >= 0.6 is 0 Å². The molecule has 33 heavy (non-hydrogen) atoms. The maximum Gasteiger partial charge on any atom is 0.431 e. The lowest BCUT2D eigenvalue weighted by atomic mass is 10.2. The summed E-state index contributed by atoms with van der Waals surface area (Å²) >= 11 is 0. The molecule has 1 fully saturated rings. The largest absolute Gasteiger partial charge is 0.497 e. The van der Waals surface area contributed by atoms with Gasteiger partial charge >= 0.3 is 11.3 Å². The van der Waals surface area contributed by atoms with Crippen LogP contribution in [0.5, 0.6) is 11.5 Å². The number of carbonyl (C=O) groups excluding carboxylic acids is 2. The first-order chi connectivity index (χ1) is 15.9. The first kappa shape index (κ1) is 22.3. The lowest BCUT2D eigenvalue weighted by Crippen LogP contribution is -2.45. The zero-order valence-electron chi connectivity index (χ0n) is 18.6. The summed E-state index contributed by atoms with van der Waals surface area (Å²) in [6.07, 6.45) is 0.0147. The van der Waals surface area contributed by atoms with E-state index in [1.54, 1.807) is 67.6 Å². The van der Waals surface area contributed by atoms with Crippen molar-refractivity contribution in [2.24, 2.45) is 0 Å². The van der Waals surface area contributed by atoms with E-state index in [1.165, 1.54) is 9.58 Å². The number of imide groups is 1. The van der Waals surface area contributed by atoms with Gasteiger partial charge in [-0.05, 0) is 60.3 Å². The van der Waals surface area contributed by atoms with Crippen molar-refractivity contribution >= 4 is 17.5 Å². The Labute approximate surface area is 189 Å². The number of aromatic nitrogens is 2. The predicted octanol–water partition coefficient (Wildman–Crippen LogP) is 1.42. The molecule has 0 saturated carbocycles. The van der Waals surface area contributed by atoms with Gasteiger partial charge in [0.1, 0.15) is 11.5 Å². The molecule has 0 spiro atoms. The molecule has 10 nitrogen and oxygen atoms in total. The van der Waals surface area contributed by atoms with Gasteiger partial charge in [-0.1, -0.05) is 0 Å². The van der Waals surface area contributed by atoms with E-state index in [9.17, 15) is 14.4 Å². The molecule has 1 unspecified atom stereocenters. The predicted molar refractivity (Wildman–Crippen MR) is 117 cm³/mol. The first-order valence-electron chi connectivity index (χ1n) is 10.5. The number of rotatable bonds is 8. The number of methoxy groups -OCH3 is 1. The van der Waals surface area contributed by atoms with E-state index < -0.39 is 11.7 Å². The van der Waals surface area contributed by atoms with Crippen molar-refractivity contribution in [3.8, 4) is 17.2 Å². The average Bonchev–Trinajstić information content (AvgIpc) is 3.33. The van der Waals surface area contributed by atoms with E-state index in [1.807, 2.05) is 6.92 Å². The number of ether oxygens (including phenoxy) is 2. The highest BCUT2D eigenvalue weighted by molar-refractivity contribution is 6.22. The van der Waals surface area contributed by atoms with Crippen LogP contribution in [0.3, 0.4) is 0 Å². The normalized spacial score (nSPS) is 16.0. The van der Waals surface area contributed by atoms with Gasteiger partial charge in [-0.3, -0.25) is 19.0 Å². The van der Waals surface area contributed by atoms with Crippen LogP contribution in [0.15, 0.2) is 57.8 Å². The Morgan fingerprint density at radius 3 is 2.39 bits per heavy atom. The Morgan fingerprint density at radius 2 is 1.76 bits per heavy atom. The van der Waals surface area contributed by atoms with Gasteiger partial charge in [0.05, 0.1) is 38.4 Å². The maximum absolute atomic E-state index is 13.1. The van der Waals surface area contributed by atoms with E-state index in [4.69, 9.17) is 14.0 Å². The molecule has 3 aromatic rings. The number of anilines is 1. The van der Waals surface area contributed by atoms with E-state index in [-0.39, 0.29) is 24.8 Å². The molecule has 2 amide bonds. The van der Waals surface area contributed by atoms with Crippen LogP contribution in [0.2, 0.25) is 0 Å². The van der Waals surface area contributed by atoms with Crippen molar-refractivity contribution in [2.75, 3.05) is 25.7 Å². The van der Waals surface area contributed by atoms with Crippen molar-refractivity contribution in [2.45, 2.75) is 25.9 Å². The SMILES string of the molecule is CCOc1ccc(N2C(=O)CC(N(C)Cc3c(=O)o[nH][n+]3-c3ccc(OC)cc3)C2=O)cc1. The van der Waals surface area contributed by atoms with Crippen molar-refractivity contribution in [3.63, 3.8) is 0 Å². The molecule has 172 valence electrons. The Balaban J connectivity index is 1.53. The third-order valence-electron chi connectivity index (χ3n) is 5.53. The summed E-state index contributed by atoms with van der Waals surface area (Å²) in [4.78, 5) is 41.0. The Bertz CT molecular complexity index is 1200. The van der Waals surface area contributed by atoms with Crippen LogP contribution in [0.25, 0.3) is 5.69 Å². The van der Waals surface area contributed by atoms with E-state index in [0.29, 0.717) is 35.2 Å². The van der Waals surface area contributed by atoms with Gasteiger partial charge in [0, 0.05) is 12.1 Å². The fourth-order valence-electron chi connectivity index (χ4n) is 3.80. The maximum atomic E-state index is 13.1. The number of benzene rings is 2. The molecule has 0 bridgehead atoms. The second-order valence-corrected chi connectivity index (χ2v) is 7.59. The minimum atomic E-state index is -0.706. The minimum Gasteiger partial charge on any atom is -0.497 e. The minimum absolute atomic E-state index is 0.0147. The molecule has 2 aromatic carbocycles. The third kappa shape index (κ3) is 4.37. The van der Waals surface area contributed by atoms with E-state index >= 15 is 0 Å². The van der Waals surface area contributed by atoms with E-state index in [0.717, 1.165) is 0 Å². The fraction of sp³-hybridized carbons (Fsp3) is 0.304. The summed E-state index contributed by atoms with van der Waals surface area (Å²) in [6.45, 7) is 2.50. The lowest BCUT2D eigenvalue weighted by molar-refractivity contribution is -0.678. The van der Waals surface area contributed by atoms with Crippen molar-refractivity contribution in [1.29, 1.82) is 0 Å². The van der Waals surface area contributed by atoms with Crippen molar-refractivity contribution < 1.29 is 28.3 Å². The molecule has 1 saturated heterocycles. The summed E-state index contributed by atoms with van der Waals surface area (Å²) in [5, 5.41) is 2.58. The Hall–Kier alpha value is -3.92. The molecule has 0 aliphatic carbocycles. The highest BCUT2D eigenvalue weighted by Gasteiger charge is 2.43. The molecule has 1 aromatic heterocycles. The number of carbonyl (C=O) groups is 2. The standard InChI is InChI=1S/C23H24N4O6/c1-4-32-18-11-5-15(6-12-18)26-21(28)13-19(22(26)29)25(2)14-20-23(30)33-24-27(20)16-7-9-17(31-3)10-8-16/h5-12,19H,4,13-14H2,1-3H3/p+1. The van der Waals surface area contributed by atoms with Crippen LogP contribution in [-0.4, -0.2) is 48.8 Å². The van der Waals surface area contributed by atoms with Gasteiger partial charge in [-0.2, -0.15) is 0 Å². The van der Waals surface area contributed by atoms with Gasteiger partial charge in [0.2, 0.25) is 11.6 Å². The zero-order chi connectivity index (χ0) is 23.5. The molecular formula is C23H25N4O6+. The molecule has 1 atom stereocenters. The number of amides is 2. The van der Waals surface area contributed by atoms with Crippen LogP contribution < -0.4 is 24.7 Å².